The summed E-state index contributed by atoms with van der Waals surface area (Å²) < 4.78 is 6.05. The molecule has 1 saturated heterocycles. The van der Waals surface area contributed by atoms with Crippen molar-refractivity contribution >= 4 is 59.9 Å². The Morgan fingerprint density at radius 1 is 0.974 bits per heavy atom. The number of nitrogens with zero attached hydrogens (tertiary/aromatic N) is 3. The molecule has 2 aromatic carbocycles. The van der Waals surface area contributed by atoms with E-state index in [1.807, 2.05) is 54.6 Å². The van der Waals surface area contributed by atoms with E-state index < -0.39 is 0 Å². The number of amides is 2. The zero-order valence-corrected chi connectivity index (χ0v) is 24.0. The van der Waals surface area contributed by atoms with Gasteiger partial charge in [-0.3, -0.25) is 14.5 Å². The largest absolute Gasteiger partial charge is 0.490 e. The molecule has 1 fully saturated rings. The minimum atomic E-state index is -0.142. The summed E-state index contributed by atoms with van der Waals surface area (Å²) in [4.78, 5) is 35.2. The molecule has 3 N–H and O–H groups in total. The Morgan fingerprint density at radius 2 is 1.69 bits per heavy atom. The third-order valence-electron chi connectivity index (χ3n) is 5.83. The van der Waals surface area contributed by atoms with Gasteiger partial charge >= 0.3 is 0 Å². The van der Waals surface area contributed by atoms with Crippen LogP contribution in [-0.2, 0) is 9.59 Å². The summed E-state index contributed by atoms with van der Waals surface area (Å²) in [5.41, 5.74) is 0.838. The normalized spacial score (nSPS) is 13.4. The number of halogens is 3. The molecule has 0 spiro atoms. The number of anilines is 2. The molecule has 4 rings (SSSR count). The second-order valence-corrected chi connectivity index (χ2v) is 9.27. The van der Waals surface area contributed by atoms with Gasteiger partial charge in [-0.2, -0.15) is 0 Å². The maximum atomic E-state index is 12.9. The number of carbonyl (C=O) groups excluding carboxylic acids is 2. The summed E-state index contributed by atoms with van der Waals surface area (Å²) in [6.07, 6.45) is 1.75. The van der Waals surface area contributed by atoms with E-state index in [1.165, 1.54) is 6.92 Å². The van der Waals surface area contributed by atoms with E-state index in [0.717, 1.165) is 37.2 Å². The van der Waals surface area contributed by atoms with Gasteiger partial charge in [0.2, 0.25) is 11.8 Å². The summed E-state index contributed by atoms with van der Waals surface area (Å²) in [7, 11) is 0. The zero-order chi connectivity index (χ0) is 26.0. The standard InChI is InChI=1S/C27H31ClN6O3.2ClH/c1-19(35)29-12-13-30-24-17-25(33-27(32-24)20-6-3-2-4-7-20)31-26(36)18-34-14-10-22(11-15-34)37-23-9-5-8-21(28)16-23;;/h2-9,16-17,22H,10-15,18H2,1H3,(H,29,35)(H2,30,31,32,33,36);2*1H. The number of ether oxygens (including phenoxy) is 1. The molecule has 0 radical (unpaired) electrons. The first-order valence-electron chi connectivity index (χ1n) is 12.3. The van der Waals surface area contributed by atoms with Crippen LogP contribution in [0.3, 0.4) is 0 Å². The highest BCUT2D eigenvalue weighted by Gasteiger charge is 2.22. The first-order chi connectivity index (χ1) is 17.9. The molecule has 2 amide bonds. The van der Waals surface area contributed by atoms with E-state index in [9.17, 15) is 9.59 Å². The van der Waals surface area contributed by atoms with Crippen molar-refractivity contribution in [2.24, 2.45) is 0 Å². The third-order valence-corrected chi connectivity index (χ3v) is 6.07. The van der Waals surface area contributed by atoms with Crippen molar-refractivity contribution in [2.45, 2.75) is 25.9 Å². The number of hydrogen-bond donors (Lipinski definition) is 3. The number of rotatable bonds is 10. The summed E-state index contributed by atoms with van der Waals surface area (Å²) >= 11 is 6.05. The minimum Gasteiger partial charge on any atom is -0.490 e. The molecule has 0 saturated carbocycles. The lowest BCUT2D eigenvalue weighted by Gasteiger charge is -2.31. The molecule has 3 aromatic rings. The highest BCUT2D eigenvalue weighted by Crippen LogP contribution is 2.23. The molecule has 9 nitrogen and oxygen atoms in total. The van der Waals surface area contributed by atoms with Crippen molar-refractivity contribution in [3.05, 3.63) is 65.7 Å². The molecule has 210 valence electrons. The van der Waals surface area contributed by atoms with Crippen LogP contribution < -0.4 is 20.7 Å². The Bertz CT molecular complexity index is 1210. The lowest BCUT2D eigenvalue weighted by atomic mass is 10.1. The van der Waals surface area contributed by atoms with Gasteiger partial charge in [0.05, 0.1) is 6.54 Å². The molecule has 1 aliphatic rings. The third kappa shape index (κ3) is 10.5. The van der Waals surface area contributed by atoms with Crippen LogP contribution in [0.5, 0.6) is 5.75 Å². The van der Waals surface area contributed by atoms with Crippen LogP contribution in [0, 0.1) is 0 Å². The highest BCUT2D eigenvalue weighted by atomic mass is 35.5. The van der Waals surface area contributed by atoms with Crippen LogP contribution in [0.15, 0.2) is 60.7 Å². The zero-order valence-electron chi connectivity index (χ0n) is 21.6. The molecular weight excluding hydrogens is 563 g/mol. The number of nitrogens with one attached hydrogen (secondary N) is 3. The Hall–Kier alpha value is -3.11. The van der Waals surface area contributed by atoms with Crippen LogP contribution in [0.1, 0.15) is 19.8 Å². The van der Waals surface area contributed by atoms with E-state index in [1.54, 1.807) is 6.07 Å². The maximum Gasteiger partial charge on any atom is 0.239 e. The number of aromatic nitrogens is 2. The van der Waals surface area contributed by atoms with Crippen molar-refractivity contribution in [3.8, 4) is 17.1 Å². The number of piperidine rings is 1. The Labute approximate surface area is 245 Å². The van der Waals surface area contributed by atoms with Crippen molar-refractivity contribution in [1.82, 2.24) is 20.2 Å². The maximum absolute atomic E-state index is 12.9. The molecule has 0 aliphatic carbocycles. The number of carbonyl (C=O) groups is 2. The van der Waals surface area contributed by atoms with Crippen LogP contribution in [0.4, 0.5) is 11.6 Å². The second kappa shape index (κ2) is 16.1. The molecule has 1 aliphatic heterocycles. The summed E-state index contributed by atoms with van der Waals surface area (Å²) in [5, 5.41) is 9.49. The molecule has 2 heterocycles. The molecule has 0 bridgehead atoms. The molecule has 12 heteroatoms. The van der Waals surface area contributed by atoms with Gasteiger partial charge in [-0.05, 0) is 31.0 Å². The number of benzene rings is 2. The van der Waals surface area contributed by atoms with Crippen LogP contribution in [-0.4, -0.2) is 65.5 Å². The van der Waals surface area contributed by atoms with E-state index in [0.29, 0.717) is 35.6 Å². The van der Waals surface area contributed by atoms with Crippen molar-refractivity contribution in [3.63, 3.8) is 0 Å². The fourth-order valence-corrected chi connectivity index (χ4v) is 4.23. The monoisotopic (exact) mass is 594 g/mol. The van der Waals surface area contributed by atoms with Gasteiger partial charge < -0.3 is 20.7 Å². The quantitative estimate of drug-likeness (QED) is 0.292. The smallest absolute Gasteiger partial charge is 0.239 e. The summed E-state index contributed by atoms with van der Waals surface area (Å²) in [5.74, 6) is 2.01. The molecule has 1 aromatic heterocycles. The predicted molar refractivity (Wildman–Crippen MR) is 159 cm³/mol. The predicted octanol–water partition coefficient (Wildman–Crippen LogP) is 4.67. The average molecular weight is 596 g/mol. The average Bonchev–Trinajstić information content (AvgIpc) is 2.88. The minimum absolute atomic E-state index is 0. The van der Waals surface area contributed by atoms with Gasteiger partial charge in [-0.15, -0.1) is 24.8 Å². The lowest BCUT2D eigenvalue weighted by Crippen LogP contribution is -2.42. The Balaban J connectivity index is 0.00000267. The Morgan fingerprint density at radius 3 is 2.38 bits per heavy atom. The van der Waals surface area contributed by atoms with Crippen molar-refractivity contribution < 1.29 is 14.3 Å². The fraction of sp³-hybridized carbons (Fsp3) is 0.333. The van der Waals surface area contributed by atoms with Gasteiger partial charge in [0.25, 0.3) is 0 Å². The van der Waals surface area contributed by atoms with Gasteiger partial charge in [0.1, 0.15) is 23.5 Å². The van der Waals surface area contributed by atoms with Crippen molar-refractivity contribution in [1.29, 1.82) is 0 Å². The topological polar surface area (TPSA) is 108 Å². The van der Waals surface area contributed by atoms with E-state index in [2.05, 4.69) is 30.8 Å². The first kappa shape index (κ1) is 32.1. The molecule has 0 unspecified atom stereocenters. The van der Waals surface area contributed by atoms with Gasteiger partial charge in [0, 0.05) is 49.8 Å². The van der Waals surface area contributed by atoms with E-state index in [4.69, 9.17) is 16.3 Å². The molecular formula is C27H33Cl3N6O3. The summed E-state index contributed by atoms with van der Waals surface area (Å²) in [6, 6.07) is 18.7. The molecule has 0 atom stereocenters. The van der Waals surface area contributed by atoms with E-state index >= 15 is 0 Å². The van der Waals surface area contributed by atoms with Crippen molar-refractivity contribution in [2.75, 3.05) is 43.4 Å². The first-order valence-corrected chi connectivity index (χ1v) is 12.7. The van der Waals surface area contributed by atoms with Gasteiger partial charge in [0.15, 0.2) is 5.82 Å². The van der Waals surface area contributed by atoms with Crippen LogP contribution in [0.2, 0.25) is 5.02 Å². The Kier molecular flexibility index (Phi) is 13.3. The highest BCUT2D eigenvalue weighted by molar-refractivity contribution is 6.30. The number of hydrogen-bond acceptors (Lipinski definition) is 7. The lowest BCUT2D eigenvalue weighted by molar-refractivity contribution is -0.119. The summed E-state index contributed by atoms with van der Waals surface area (Å²) in [6.45, 7) is 4.20. The van der Waals surface area contributed by atoms with Crippen LogP contribution >= 0.6 is 36.4 Å². The fourth-order valence-electron chi connectivity index (χ4n) is 4.05. The second-order valence-electron chi connectivity index (χ2n) is 8.84. The molecule has 39 heavy (non-hydrogen) atoms. The number of likely N-dealkylation sites (tertiary alicyclic amines) is 1. The van der Waals surface area contributed by atoms with E-state index in [-0.39, 0.29) is 49.3 Å². The van der Waals surface area contributed by atoms with Gasteiger partial charge in [-0.25, -0.2) is 9.97 Å². The van der Waals surface area contributed by atoms with Gasteiger partial charge in [-0.1, -0.05) is 48.0 Å². The SMILES string of the molecule is CC(=O)NCCNc1cc(NC(=O)CN2CCC(Oc3cccc(Cl)c3)CC2)nc(-c2ccccc2)n1.Cl.Cl. The van der Waals surface area contributed by atoms with Crippen LogP contribution in [0.25, 0.3) is 11.4 Å².